The molecule has 0 saturated heterocycles. The van der Waals surface area contributed by atoms with Crippen LogP contribution in [0.2, 0.25) is 10.0 Å². The van der Waals surface area contributed by atoms with Crippen molar-refractivity contribution in [2.75, 3.05) is 10.6 Å². The van der Waals surface area contributed by atoms with Crippen LogP contribution in [0.1, 0.15) is 21.6 Å². The first-order chi connectivity index (χ1) is 19.2. The van der Waals surface area contributed by atoms with Gasteiger partial charge in [0.2, 0.25) is 0 Å². The van der Waals surface area contributed by atoms with Crippen molar-refractivity contribution in [2.24, 2.45) is 0 Å². The van der Waals surface area contributed by atoms with Crippen LogP contribution >= 0.6 is 23.2 Å². The van der Waals surface area contributed by atoms with E-state index in [4.69, 9.17) is 27.9 Å². The Morgan fingerprint density at radius 1 is 0.775 bits per heavy atom. The predicted molar refractivity (Wildman–Crippen MR) is 156 cm³/mol. The number of anilines is 2. The van der Waals surface area contributed by atoms with Gasteiger partial charge in [0.15, 0.2) is 0 Å². The van der Waals surface area contributed by atoms with E-state index in [1.54, 1.807) is 78.9 Å². The first kappa shape index (κ1) is 28.2. The third-order valence-corrected chi connectivity index (χ3v) is 5.68. The molecule has 4 amide bonds. The number of aromatic nitrogens is 1. The summed E-state index contributed by atoms with van der Waals surface area (Å²) in [7, 11) is 0. The Hall–Kier alpha value is -4.86. The van der Waals surface area contributed by atoms with E-state index in [0.717, 1.165) is 11.1 Å². The van der Waals surface area contributed by atoms with Gasteiger partial charge in [-0.2, -0.15) is 0 Å². The third kappa shape index (κ3) is 8.59. The molecule has 0 bridgehead atoms. The van der Waals surface area contributed by atoms with E-state index >= 15 is 0 Å². The number of urea groups is 1. The number of benzene rings is 3. The number of carbonyl (C=O) groups is 3. The Labute approximate surface area is 240 Å². The number of nitrogens with zero attached hydrogens (tertiary/aromatic N) is 1. The Balaban J connectivity index is 1.28. The van der Waals surface area contributed by atoms with E-state index in [9.17, 15) is 14.4 Å². The molecule has 40 heavy (non-hydrogen) atoms. The predicted octanol–water partition coefficient (Wildman–Crippen LogP) is 6.61. The number of pyridine rings is 1. The molecule has 0 aliphatic carbocycles. The molecule has 4 rings (SSSR count). The van der Waals surface area contributed by atoms with E-state index in [1.807, 2.05) is 6.92 Å². The minimum atomic E-state index is -0.626. The van der Waals surface area contributed by atoms with E-state index in [2.05, 4.69) is 26.5 Å². The Bertz CT molecular complexity index is 1540. The second-order valence-electron chi connectivity index (χ2n) is 8.43. The van der Waals surface area contributed by atoms with Crippen LogP contribution in [0.5, 0.6) is 11.5 Å². The Morgan fingerprint density at radius 3 is 2.23 bits per heavy atom. The SMILES string of the molecule is Cc1cc(Cl)cc(NC(=O)Nc2ccc(Oc3ccnc(C(=O)NNC(=O)/C=C/c4ccc(Cl)cc4)c3)cc2)c1. The minimum Gasteiger partial charge on any atom is -0.457 e. The fourth-order valence-corrected chi connectivity index (χ4v) is 3.83. The summed E-state index contributed by atoms with van der Waals surface area (Å²) in [5.74, 6) is -0.335. The first-order valence-electron chi connectivity index (χ1n) is 11.9. The number of nitrogens with one attached hydrogen (secondary N) is 4. The fourth-order valence-electron chi connectivity index (χ4n) is 3.41. The van der Waals surface area contributed by atoms with Gasteiger partial charge in [-0.3, -0.25) is 25.4 Å². The third-order valence-electron chi connectivity index (χ3n) is 5.21. The maximum Gasteiger partial charge on any atom is 0.323 e. The molecule has 0 aliphatic rings. The van der Waals surface area contributed by atoms with Gasteiger partial charge in [0.25, 0.3) is 11.8 Å². The number of hydrogen-bond acceptors (Lipinski definition) is 5. The highest BCUT2D eigenvalue weighted by Gasteiger charge is 2.10. The number of amides is 4. The van der Waals surface area contributed by atoms with Crippen LogP contribution < -0.4 is 26.2 Å². The molecule has 11 heteroatoms. The van der Waals surface area contributed by atoms with Gasteiger partial charge in [0, 0.05) is 39.8 Å². The molecule has 0 saturated carbocycles. The van der Waals surface area contributed by atoms with Crippen molar-refractivity contribution in [1.29, 1.82) is 0 Å². The number of halogens is 2. The van der Waals surface area contributed by atoms with Crippen molar-refractivity contribution in [3.63, 3.8) is 0 Å². The van der Waals surface area contributed by atoms with Crippen molar-refractivity contribution in [2.45, 2.75) is 6.92 Å². The molecular formula is C29H23Cl2N5O4. The number of rotatable bonds is 7. The zero-order valence-corrected chi connectivity index (χ0v) is 22.6. The topological polar surface area (TPSA) is 121 Å². The van der Waals surface area contributed by atoms with Crippen molar-refractivity contribution in [3.05, 3.63) is 118 Å². The summed E-state index contributed by atoms with van der Waals surface area (Å²) in [5, 5.41) is 6.58. The molecule has 0 spiro atoms. The van der Waals surface area contributed by atoms with Gasteiger partial charge in [0.05, 0.1) is 0 Å². The smallest absolute Gasteiger partial charge is 0.323 e. The molecule has 0 fully saturated rings. The van der Waals surface area contributed by atoms with Gasteiger partial charge in [-0.05, 0) is 84.8 Å². The molecule has 4 N–H and O–H groups in total. The normalized spacial score (nSPS) is 10.6. The van der Waals surface area contributed by atoms with Crippen LogP contribution in [-0.4, -0.2) is 22.8 Å². The number of hydrazine groups is 1. The van der Waals surface area contributed by atoms with Gasteiger partial charge in [0.1, 0.15) is 17.2 Å². The zero-order chi connectivity index (χ0) is 28.5. The lowest BCUT2D eigenvalue weighted by molar-refractivity contribution is -0.117. The monoisotopic (exact) mass is 575 g/mol. The van der Waals surface area contributed by atoms with Crippen LogP contribution in [0.4, 0.5) is 16.2 Å². The highest BCUT2D eigenvalue weighted by atomic mass is 35.5. The number of hydrogen-bond donors (Lipinski definition) is 4. The van der Waals surface area contributed by atoms with Crippen LogP contribution in [0, 0.1) is 6.92 Å². The van der Waals surface area contributed by atoms with Gasteiger partial charge in [-0.15, -0.1) is 0 Å². The second kappa shape index (κ2) is 13.3. The molecule has 1 heterocycles. The Kier molecular flexibility index (Phi) is 9.35. The van der Waals surface area contributed by atoms with Gasteiger partial charge in [-0.1, -0.05) is 35.3 Å². The zero-order valence-electron chi connectivity index (χ0n) is 21.1. The summed E-state index contributed by atoms with van der Waals surface area (Å²) in [6.45, 7) is 1.88. The second-order valence-corrected chi connectivity index (χ2v) is 9.30. The highest BCUT2D eigenvalue weighted by molar-refractivity contribution is 6.31. The summed E-state index contributed by atoms with van der Waals surface area (Å²) < 4.78 is 5.80. The highest BCUT2D eigenvalue weighted by Crippen LogP contribution is 2.24. The van der Waals surface area contributed by atoms with E-state index < -0.39 is 17.8 Å². The molecule has 1 aromatic heterocycles. The fraction of sp³-hybridized carbons (Fsp3) is 0.0345. The summed E-state index contributed by atoms with van der Waals surface area (Å²) in [4.78, 5) is 40.8. The van der Waals surface area contributed by atoms with E-state index in [-0.39, 0.29) is 5.69 Å². The van der Waals surface area contributed by atoms with Gasteiger partial charge in [-0.25, -0.2) is 4.79 Å². The quantitative estimate of drug-likeness (QED) is 0.146. The summed E-state index contributed by atoms with van der Waals surface area (Å²) in [5.41, 5.74) is 7.45. The maximum absolute atomic E-state index is 12.4. The summed E-state index contributed by atoms with van der Waals surface area (Å²) in [6.07, 6.45) is 4.26. The summed E-state index contributed by atoms with van der Waals surface area (Å²) in [6, 6.07) is 21.4. The summed E-state index contributed by atoms with van der Waals surface area (Å²) >= 11 is 11.9. The Morgan fingerprint density at radius 2 is 1.50 bits per heavy atom. The van der Waals surface area contributed by atoms with Crippen molar-refractivity contribution < 1.29 is 19.1 Å². The standard InChI is InChI=1S/C29H23Cl2N5O4/c1-18-14-21(31)16-23(15-18)34-29(39)33-22-7-9-24(10-8-22)40-25-12-13-32-26(17-25)28(38)36-35-27(37)11-4-19-2-5-20(30)6-3-19/h2-17H,1H3,(H,35,37)(H,36,38)(H2,33,34,39)/b11-4+. The molecule has 3 aromatic carbocycles. The van der Waals surface area contributed by atoms with Crippen molar-refractivity contribution in [1.82, 2.24) is 15.8 Å². The lowest BCUT2D eigenvalue weighted by Gasteiger charge is -2.10. The average molecular weight is 576 g/mol. The molecule has 0 unspecified atom stereocenters. The average Bonchev–Trinajstić information content (AvgIpc) is 2.92. The van der Waals surface area contributed by atoms with E-state index in [0.29, 0.717) is 32.9 Å². The van der Waals surface area contributed by atoms with Gasteiger partial charge < -0.3 is 15.4 Å². The largest absolute Gasteiger partial charge is 0.457 e. The molecular weight excluding hydrogens is 553 g/mol. The lowest BCUT2D eigenvalue weighted by atomic mass is 10.2. The van der Waals surface area contributed by atoms with Crippen molar-refractivity contribution >= 4 is 58.5 Å². The van der Waals surface area contributed by atoms with Gasteiger partial charge >= 0.3 is 6.03 Å². The van der Waals surface area contributed by atoms with Crippen molar-refractivity contribution in [3.8, 4) is 11.5 Å². The molecule has 202 valence electrons. The van der Waals surface area contributed by atoms with Crippen LogP contribution in [0.15, 0.2) is 91.1 Å². The first-order valence-corrected chi connectivity index (χ1v) is 12.6. The maximum atomic E-state index is 12.4. The molecule has 0 aliphatic heterocycles. The molecule has 4 aromatic rings. The molecule has 0 radical (unpaired) electrons. The van der Waals surface area contributed by atoms with Crippen LogP contribution in [0.3, 0.4) is 0 Å². The number of carbonyl (C=O) groups excluding carboxylic acids is 3. The van der Waals surface area contributed by atoms with Crippen LogP contribution in [0.25, 0.3) is 6.08 Å². The minimum absolute atomic E-state index is 0.0330. The van der Waals surface area contributed by atoms with E-state index in [1.165, 1.54) is 18.3 Å². The lowest BCUT2D eigenvalue weighted by Crippen LogP contribution is -2.41. The van der Waals surface area contributed by atoms with Crippen LogP contribution in [-0.2, 0) is 4.79 Å². The molecule has 9 nitrogen and oxygen atoms in total. The number of ether oxygens (including phenoxy) is 1. The molecule has 0 atom stereocenters. The number of aryl methyl sites for hydroxylation is 1.